The van der Waals surface area contributed by atoms with Crippen molar-refractivity contribution in [2.45, 2.75) is 43.7 Å². The first kappa shape index (κ1) is 17.8. The number of nitrogens with two attached hydrogens (primary N) is 1. The summed E-state index contributed by atoms with van der Waals surface area (Å²) < 4.78 is 0. The SMILES string of the molecule is NCCN1C(CCCO)=CN2CCc3ccccc3C3(CCNCC3)C21. The summed E-state index contributed by atoms with van der Waals surface area (Å²) in [6, 6.07) is 9.09. The predicted octanol–water partition coefficient (Wildman–Crippen LogP) is 1.38. The summed E-state index contributed by atoms with van der Waals surface area (Å²) in [5.41, 5.74) is 10.6. The van der Waals surface area contributed by atoms with Crippen molar-refractivity contribution in [2.24, 2.45) is 5.73 Å². The van der Waals surface area contributed by atoms with E-state index in [0.717, 1.165) is 58.3 Å². The van der Waals surface area contributed by atoms with Crippen molar-refractivity contribution >= 4 is 0 Å². The van der Waals surface area contributed by atoms with Crippen LogP contribution in [0.15, 0.2) is 36.2 Å². The number of nitrogens with zero attached hydrogens (tertiary/aromatic N) is 2. The highest BCUT2D eigenvalue weighted by molar-refractivity contribution is 5.40. The number of nitrogens with one attached hydrogen (secondary N) is 1. The molecule has 1 spiro atoms. The highest BCUT2D eigenvalue weighted by atomic mass is 16.2. The van der Waals surface area contributed by atoms with Gasteiger partial charge in [-0.15, -0.1) is 0 Å². The molecular formula is C21H32N4O. The van der Waals surface area contributed by atoms with Crippen LogP contribution in [0.3, 0.4) is 0 Å². The minimum Gasteiger partial charge on any atom is -0.396 e. The van der Waals surface area contributed by atoms with Gasteiger partial charge in [-0.05, 0) is 56.3 Å². The number of piperidine rings is 1. The summed E-state index contributed by atoms with van der Waals surface area (Å²) in [5.74, 6) is 0. The zero-order valence-electron chi connectivity index (χ0n) is 15.7. The molecular weight excluding hydrogens is 324 g/mol. The summed E-state index contributed by atoms with van der Waals surface area (Å²) in [7, 11) is 0. The maximum Gasteiger partial charge on any atom is 0.111 e. The highest BCUT2D eigenvalue weighted by Crippen LogP contribution is 2.47. The highest BCUT2D eigenvalue weighted by Gasteiger charge is 2.51. The molecule has 0 aromatic heterocycles. The average molecular weight is 357 g/mol. The van der Waals surface area contributed by atoms with Crippen LogP contribution in [-0.2, 0) is 11.8 Å². The Bertz CT molecular complexity index is 653. The van der Waals surface area contributed by atoms with Gasteiger partial charge in [0.2, 0.25) is 0 Å². The molecule has 4 N–H and O–H groups in total. The van der Waals surface area contributed by atoms with Gasteiger partial charge in [0.15, 0.2) is 0 Å². The Kier molecular flexibility index (Phi) is 5.20. The maximum atomic E-state index is 9.33. The third-order valence-corrected chi connectivity index (χ3v) is 6.44. The Balaban J connectivity index is 1.77. The van der Waals surface area contributed by atoms with E-state index >= 15 is 0 Å². The minimum atomic E-state index is 0.144. The number of aliphatic hydroxyl groups excluding tert-OH is 1. The van der Waals surface area contributed by atoms with Crippen LogP contribution in [0, 0.1) is 0 Å². The number of benzene rings is 1. The first-order chi connectivity index (χ1) is 12.8. The quantitative estimate of drug-likeness (QED) is 0.744. The Labute approximate surface area is 156 Å². The van der Waals surface area contributed by atoms with Crippen LogP contribution in [0.1, 0.15) is 36.8 Å². The molecule has 0 amide bonds. The molecule has 3 aliphatic rings. The van der Waals surface area contributed by atoms with E-state index in [2.05, 4.69) is 45.6 Å². The van der Waals surface area contributed by atoms with Crippen LogP contribution in [-0.4, -0.2) is 60.4 Å². The van der Waals surface area contributed by atoms with E-state index < -0.39 is 0 Å². The van der Waals surface area contributed by atoms with E-state index in [9.17, 15) is 5.11 Å². The second-order valence-corrected chi connectivity index (χ2v) is 7.85. The van der Waals surface area contributed by atoms with Crippen molar-refractivity contribution < 1.29 is 5.11 Å². The Morgan fingerprint density at radius 2 is 2.04 bits per heavy atom. The number of aliphatic hydroxyl groups is 1. The number of hydrogen-bond donors (Lipinski definition) is 3. The van der Waals surface area contributed by atoms with Gasteiger partial charge in [-0.3, -0.25) is 0 Å². The first-order valence-corrected chi connectivity index (χ1v) is 10.1. The normalized spacial score (nSPS) is 24.2. The van der Waals surface area contributed by atoms with Gasteiger partial charge in [-0.25, -0.2) is 0 Å². The van der Waals surface area contributed by atoms with Crippen molar-refractivity contribution in [1.29, 1.82) is 0 Å². The molecule has 1 unspecified atom stereocenters. The lowest BCUT2D eigenvalue weighted by Gasteiger charge is -2.49. The molecule has 1 aromatic carbocycles. The summed E-state index contributed by atoms with van der Waals surface area (Å²) in [4.78, 5) is 5.14. The van der Waals surface area contributed by atoms with Crippen molar-refractivity contribution in [1.82, 2.24) is 15.1 Å². The fraction of sp³-hybridized carbons (Fsp3) is 0.619. The number of rotatable bonds is 5. The van der Waals surface area contributed by atoms with Crippen LogP contribution in [0.4, 0.5) is 0 Å². The number of allylic oxidation sites excluding steroid dienone is 1. The van der Waals surface area contributed by atoms with E-state index in [0.29, 0.717) is 12.7 Å². The third-order valence-electron chi connectivity index (χ3n) is 6.44. The molecule has 0 saturated carbocycles. The lowest BCUT2D eigenvalue weighted by Crippen LogP contribution is -2.58. The average Bonchev–Trinajstić information content (AvgIpc) is 2.97. The van der Waals surface area contributed by atoms with Crippen molar-refractivity contribution in [3.05, 3.63) is 47.3 Å². The standard InChI is InChI=1S/C21H32N4O/c22-10-14-25-18(5-3-15-26)16-24-13-7-17-4-1-2-6-19(17)21(20(24)25)8-11-23-12-9-21/h1-2,4,6,16,20,23,26H,3,5,7-15,22H2. The predicted molar refractivity (Wildman–Crippen MR) is 105 cm³/mol. The molecule has 0 bridgehead atoms. The lowest BCUT2D eigenvalue weighted by molar-refractivity contribution is 0.0473. The van der Waals surface area contributed by atoms with E-state index in [-0.39, 0.29) is 12.0 Å². The summed E-state index contributed by atoms with van der Waals surface area (Å²) in [5, 5.41) is 12.9. The molecule has 142 valence electrons. The van der Waals surface area contributed by atoms with E-state index in [1.807, 2.05) is 0 Å². The number of fused-ring (bicyclic) bond motifs is 4. The van der Waals surface area contributed by atoms with Gasteiger partial charge in [0, 0.05) is 43.6 Å². The van der Waals surface area contributed by atoms with Gasteiger partial charge < -0.3 is 26.0 Å². The Morgan fingerprint density at radius 3 is 2.81 bits per heavy atom. The maximum absolute atomic E-state index is 9.33. The van der Waals surface area contributed by atoms with Crippen molar-refractivity contribution in [2.75, 3.05) is 39.3 Å². The Hall–Kier alpha value is -1.56. The summed E-state index contributed by atoms with van der Waals surface area (Å²) in [6.45, 7) is 4.99. The van der Waals surface area contributed by atoms with Crippen molar-refractivity contribution in [3.63, 3.8) is 0 Å². The van der Waals surface area contributed by atoms with Crippen LogP contribution in [0.25, 0.3) is 0 Å². The minimum absolute atomic E-state index is 0.144. The molecule has 1 atom stereocenters. The second kappa shape index (κ2) is 7.59. The van der Waals surface area contributed by atoms with Crippen molar-refractivity contribution in [3.8, 4) is 0 Å². The molecule has 0 aliphatic carbocycles. The molecule has 1 aromatic rings. The Morgan fingerprint density at radius 1 is 1.23 bits per heavy atom. The second-order valence-electron chi connectivity index (χ2n) is 7.85. The van der Waals surface area contributed by atoms with E-state index in [4.69, 9.17) is 5.73 Å². The largest absolute Gasteiger partial charge is 0.396 e. The molecule has 0 radical (unpaired) electrons. The molecule has 3 heterocycles. The third kappa shape index (κ3) is 2.92. The molecule has 26 heavy (non-hydrogen) atoms. The molecule has 5 nitrogen and oxygen atoms in total. The first-order valence-electron chi connectivity index (χ1n) is 10.1. The fourth-order valence-electron chi connectivity index (χ4n) is 5.36. The number of hydrogen-bond acceptors (Lipinski definition) is 5. The van der Waals surface area contributed by atoms with E-state index in [1.54, 1.807) is 5.56 Å². The zero-order chi connectivity index (χ0) is 18.0. The van der Waals surface area contributed by atoms with Gasteiger partial charge in [0.1, 0.15) is 6.17 Å². The van der Waals surface area contributed by atoms with Gasteiger partial charge in [0.05, 0.1) is 0 Å². The van der Waals surface area contributed by atoms with E-state index in [1.165, 1.54) is 11.3 Å². The van der Waals surface area contributed by atoms with Crippen LogP contribution in [0.2, 0.25) is 0 Å². The van der Waals surface area contributed by atoms with Gasteiger partial charge >= 0.3 is 0 Å². The van der Waals surface area contributed by atoms with Gasteiger partial charge in [-0.2, -0.15) is 0 Å². The van der Waals surface area contributed by atoms with Gasteiger partial charge in [0.25, 0.3) is 0 Å². The topological polar surface area (TPSA) is 64.8 Å². The zero-order valence-corrected chi connectivity index (χ0v) is 15.7. The summed E-state index contributed by atoms with van der Waals surface area (Å²) in [6.07, 6.45) is 7.89. The summed E-state index contributed by atoms with van der Waals surface area (Å²) >= 11 is 0. The monoisotopic (exact) mass is 356 g/mol. The molecule has 5 heteroatoms. The fourth-order valence-corrected chi connectivity index (χ4v) is 5.36. The molecule has 1 saturated heterocycles. The smallest absolute Gasteiger partial charge is 0.111 e. The van der Waals surface area contributed by atoms with Gasteiger partial charge in [-0.1, -0.05) is 24.3 Å². The lowest BCUT2D eigenvalue weighted by atomic mass is 9.69. The van der Waals surface area contributed by atoms with Crippen LogP contribution >= 0.6 is 0 Å². The molecule has 3 aliphatic heterocycles. The molecule has 1 fully saturated rings. The van der Waals surface area contributed by atoms with Crippen LogP contribution in [0.5, 0.6) is 0 Å². The van der Waals surface area contributed by atoms with Crippen LogP contribution < -0.4 is 11.1 Å². The molecule has 4 rings (SSSR count).